The Kier molecular flexibility index (Phi) is 4.27. The number of hydrogen-bond acceptors (Lipinski definition) is 4. The number of rotatable bonds is 5. The Morgan fingerprint density at radius 2 is 2.27 bits per heavy atom. The number of carbonyl (C=O) groups is 1. The summed E-state index contributed by atoms with van der Waals surface area (Å²) in [5.74, 6) is 1.46. The fraction of sp³-hybridized carbons (Fsp3) is 0.700. The number of nitrogens with one attached hydrogen (secondary N) is 1. The van der Waals surface area contributed by atoms with Gasteiger partial charge in [-0.1, -0.05) is 19.0 Å². The van der Waals surface area contributed by atoms with Crippen LogP contribution >= 0.6 is 0 Å². The summed E-state index contributed by atoms with van der Waals surface area (Å²) in [5, 5.41) is 6.46. The van der Waals surface area contributed by atoms with Crippen LogP contribution in [0.25, 0.3) is 0 Å². The Labute approximate surface area is 89.2 Å². The maximum Gasteiger partial charge on any atom is 0.227 e. The first-order valence-corrected chi connectivity index (χ1v) is 5.14. The van der Waals surface area contributed by atoms with Crippen molar-refractivity contribution in [3.63, 3.8) is 0 Å². The summed E-state index contributed by atoms with van der Waals surface area (Å²) in [6, 6.07) is 0. The summed E-state index contributed by atoms with van der Waals surface area (Å²) >= 11 is 0. The van der Waals surface area contributed by atoms with Gasteiger partial charge in [0.1, 0.15) is 0 Å². The molecule has 0 bridgehead atoms. The van der Waals surface area contributed by atoms with Crippen molar-refractivity contribution in [1.29, 1.82) is 0 Å². The highest BCUT2D eigenvalue weighted by Gasteiger charge is 2.08. The van der Waals surface area contributed by atoms with Gasteiger partial charge >= 0.3 is 0 Å². The van der Waals surface area contributed by atoms with E-state index in [1.807, 2.05) is 0 Å². The molecule has 5 heteroatoms. The maximum absolute atomic E-state index is 11.4. The lowest BCUT2D eigenvalue weighted by Gasteiger charge is -2.05. The average Bonchev–Trinajstić information content (AvgIpc) is 2.50. The van der Waals surface area contributed by atoms with Crippen LogP contribution in [0.1, 0.15) is 32.0 Å². The van der Waals surface area contributed by atoms with Crippen molar-refractivity contribution in [2.24, 2.45) is 5.92 Å². The third kappa shape index (κ3) is 4.58. The molecule has 5 nitrogen and oxygen atoms in total. The topological polar surface area (TPSA) is 68.0 Å². The van der Waals surface area contributed by atoms with E-state index in [9.17, 15) is 4.79 Å². The minimum atomic E-state index is -0.0588. The number of amides is 1. The molecule has 0 atom stereocenters. The minimum Gasteiger partial charge on any atom is -0.356 e. The number of carbonyl (C=O) groups excluding carboxylic acids is 1. The molecule has 1 rings (SSSR count). The summed E-state index contributed by atoms with van der Waals surface area (Å²) in [5.41, 5.74) is 0. The van der Waals surface area contributed by atoms with Crippen LogP contribution in [0.15, 0.2) is 4.52 Å². The third-order valence-corrected chi connectivity index (χ3v) is 1.93. The first-order valence-electron chi connectivity index (χ1n) is 5.14. The summed E-state index contributed by atoms with van der Waals surface area (Å²) in [4.78, 5) is 15.3. The molecule has 0 aliphatic heterocycles. The van der Waals surface area contributed by atoms with E-state index in [0.717, 1.165) is 6.42 Å². The molecular weight excluding hydrogens is 194 g/mol. The van der Waals surface area contributed by atoms with Gasteiger partial charge in [-0.2, -0.15) is 4.98 Å². The van der Waals surface area contributed by atoms with Crippen molar-refractivity contribution in [2.45, 2.75) is 33.6 Å². The van der Waals surface area contributed by atoms with E-state index in [1.54, 1.807) is 6.92 Å². The molecule has 1 aromatic heterocycles. The van der Waals surface area contributed by atoms with Crippen LogP contribution in [0.4, 0.5) is 0 Å². The summed E-state index contributed by atoms with van der Waals surface area (Å²) in [6.07, 6.45) is 1.17. The average molecular weight is 211 g/mol. The zero-order valence-electron chi connectivity index (χ0n) is 9.41. The largest absolute Gasteiger partial charge is 0.356 e. The molecule has 1 heterocycles. The van der Waals surface area contributed by atoms with Crippen LogP contribution in [0, 0.1) is 12.8 Å². The monoisotopic (exact) mass is 211 g/mol. The van der Waals surface area contributed by atoms with Gasteiger partial charge in [0.05, 0.1) is 6.42 Å². The van der Waals surface area contributed by atoms with E-state index in [1.165, 1.54) is 0 Å². The summed E-state index contributed by atoms with van der Waals surface area (Å²) < 4.78 is 4.77. The van der Waals surface area contributed by atoms with Gasteiger partial charge in [-0.05, 0) is 12.3 Å². The van der Waals surface area contributed by atoms with Crippen LogP contribution in [0.2, 0.25) is 0 Å². The molecule has 0 spiro atoms. The molecule has 0 unspecified atom stereocenters. The molecule has 15 heavy (non-hydrogen) atoms. The van der Waals surface area contributed by atoms with Crippen molar-refractivity contribution in [1.82, 2.24) is 15.5 Å². The Morgan fingerprint density at radius 3 is 2.80 bits per heavy atom. The molecule has 1 N–H and O–H groups in total. The molecule has 1 amide bonds. The second-order valence-corrected chi connectivity index (χ2v) is 3.94. The van der Waals surface area contributed by atoms with Crippen LogP contribution in [0.5, 0.6) is 0 Å². The van der Waals surface area contributed by atoms with Crippen molar-refractivity contribution >= 4 is 5.91 Å². The fourth-order valence-corrected chi connectivity index (χ4v) is 1.12. The highest BCUT2D eigenvalue weighted by molar-refractivity contribution is 5.77. The van der Waals surface area contributed by atoms with Crippen LogP contribution in [0.3, 0.4) is 0 Å². The SMILES string of the molecule is Cc1nc(CC(=O)NCCC(C)C)no1. The lowest BCUT2D eigenvalue weighted by atomic mass is 10.1. The van der Waals surface area contributed by atoms with Gasteiger partial charge in [0, 0.05) is 13.5 Å². The lowest BCUT2D eigenvalue weighted by Crippen LogP contribution is -2.27. The molecule has 0 saturated carbocycles. The first-order chi connectivity index (χ1) is 7.08. The normalized spacial score (nSPS) is 10.7. The van der Waals surface area contributed by atoms with E-state index in [-0.39, 0.29) is 12.3 Å². The number of aromatic nitrogens is 2. The van der Waals surface area contributed by atoms with Crippen molar-refractivity contribution in [2.75, 3.05) is 6.54 Å². The first kappa shape index (κ1) is 11.7. The van der Waals surface area contributed by atoms with Gasteiger partial charge in [-0.15, -0.1) is 0 Å². The zero-order valence-corrected chi connectivity index (χ0v) is 9.41. The molecule has 0 radical (unpaired) electrons. The van der Waals surface area contributed by atoms with Gasteiger partial charge in [0.25, 0.3) is 0 Å². The van der Waals surface area contributed by atoms with Crippen molar-refractivity contribution in [3.8, 4) is 0 Å². The second kappa shape index (κ2) is 5.48. The molecule has 0 aliphatic rings. The highest BCUT2D eigenvalue weighted by atomic mass is 16.5. The molecular formula is C10H17N3O2. The van der Waals surface area contributed by atoms with Crippen LogP contribution < -0.4 is 5.32 Å². The number of aryl methyl sites for hydroxylation is 1. The summed E-state index contributed by atoms with van der Waals surface area (Å²) in [7, 11) is 0. The summed E-state index contributed by atoms with van der Waals surface area (Å²) in [6.45, 7) is 6.64. The van der Waals surface area contributed by atoms with E-state index in [2.05, 4.69) is 29.3 Å². The lowest BCUT2D eigenvalue weighted by molar-refractivity contribution is -0.120. The Hall–Kier alpha value is -1.39. The van der Waals surface area contributed by atoms with E-state index in [4.69, 9.17) is 4.52 Å². The van der Waals surface area contributed by atoms with Gasteiger partial charge in [0.2, 0.25) is 11.8 Å². The molecule has 0 aliphatic carbocycles. The van der Waals surface area contributed by atoms with Gasteiger partial charge in [-0.25, -0.2) is 0 Å². The maximum atomic E-state index is 11.4. The molecule has 0 aromatic carbocycles. The van der Waals surface area contributed by atoms with Gasteiger partial charge in [-0.3, -0.25) is 4.79 Å². The van der Waals surface area contributed by atoms with E-state index >= 15 is 0 Å². The minimum absolute atomic E-state index is 0.0588. The molecule has 0 fully saturated rings. The van der Waals surface area contributed by atoms with Gasteiger partial charge < -0.3 is 9.84 Å². The third-order valence-electron chi connectivity index (χ3n) is 1.93. The number of nitrogens with zero attached hydrogens (tertiary/aromatic N) is 2. The number of hydrogen-bond donors (Lipinski definition) is 1. The Morgan fingerprint density at radius 1 is 1.53 bits per heavy atom. The Bertz CT molecular complexity index is 320. The van der Waals surface area contributed by atoms with Gasteiger partial charge in [0.15, 0.2) is 5.82 Å². The fourth-order valence-electron chi connectivity index (χ4n) is 1.12. The predicted molar refractivity (Wildman–Crippen MR) is 55.2 cm³/mol. The molecule has 0 saturated heterocycles. The second-order valence-electron chi connectivity index (χ2n) is 3.94. The smallest absolute Gasteiger partial charge is 0.227 e. The Balaban J connectivity index is 2.24. The van der Waals surface area contributed by atoms with Crippen molar-refractivity contribution in [3.05, 3.63) is 11.7 Å². The van der Waals surface area contributed by atoms with Crippen LogP contribution in [-0.4, -0.2) is 22.6 Å². The standard InChI is InChI=1S/C10H17N3O2/c1-7(2)4-5-11-10(14)6-9-12-8(3)15-13-9/h7H,4-6H2,1-3H3,(H,11,14). The molecule has 1 aromatic rings. The molecule has 84 valence electrons. The van der Waals surface area contributed by atoms with Crippen molar-refractivity contribution < 1.29 is 9.32 Å². The quantitative estimate of drug-likeness (QED) is 0.791. The van der Waals surface area contributed by atoms with E-state index < -0.39 is 0 Å². The highest BCUT2D eigenvalue weighted by Crippen LogP contribution is 1.98. The predicted octanol–water partition coefficient (Wildman–Crippen LogP) is 1.08. The van der Waals surface area contributed by atoms with Crippen LogP contribution in [-0.2, 0) is 11.2 Å². The van der Waals surface area contributed by atoms with E-state index in [0.29, 0.717) is 24.2 Å². The zero-order chi connectivity index (χ0) is 11.3.